The van der Waals surface area contributed by atoms with Crippen molar-refractivity contribution in [3.05, 3.63) is 28.2 Å². The topological polar surface area (TPSA) is 41.5 Å². The summed E-state index contributed by atoms with van der Waals surface area (Å²) in [5.74, 6) is 0.804. The minimum atomic E-state index is 0.0213. The van der Waals surface area contributed by atoms with Crippen LogP contribution in [-0.4, -0.2) is 23.9 Å². The molecule has 0 radical (unpaired) electrons. The van der Waals surface area contributed by atoms with Gasteiger partial charge in [-0.3, -0.25) is 0 Å². The predicted octanol–water partition coefficient (Wildman–Crippen LogP) is 2.71. The lowest BCUT2D eigenvalue weighted by Crippen LogP contribution is -2.35. The van der Waals surface area contributed by atoms with Gasteiger partial charge in [-0.05, 0) is 42.8 Å². The highest BCUT2D eigenvalue weighted by molar-refractivity contribution is 9.10. The molecule has 1 rings (SSSR count). The number of nitrogens with one attached hydrogen (secondary N) is 1. The molecule has 0 bridgehead atoms. The van der Waals surface area contributed by atoms with Crippen LogP contribution in [0.15, 0.2) is 22.7 Å². The molecule has 0 saturated heterocycles. The zero-order valence-electron chi connectivity index (χ0n) is 10.6. The SMILES string of the molecule is CC(C)(C)NCc1cccc(Br)c1OCCO. The summed E-state index contributed by atoms with van der Waals surface area (Å²) in [5.41, 5.74) is 1.15. The Morgan fingerprint density at radius 3 is 2.65 bits per heavy atom. The molecular formula is C13H20BrNO2. The first-order valence-electron chi connectivity index (χ1n) is 5.70. The average molecular weight is 302 g/mol. The molecular weight excluding hydrogens is 282 g/mol. The van der Waals surface area contributed by atoms with Crippen molar-refractivity contribution in [1.29, 1.82) is 0 Å². The zero-order chi connectivity index (χ0) is 12.9. The van der Waals surface area contributed by atoms with Crippen LogP contribution in [0.5, 0.6) is 5.75 Å². The van der Waals surface area contributed by atoms with Gasteiger partial charge in [0.2, 0.25) is 0 Å². The summed E-state index contributed by atoms with van der Waals surface area (Å²) < 4.78 is 6.46. The molecule has 0 spiro atoms. The van der Waals surface area contributed by atoms with Gasteiger partial charge in [0.05, 0.1) is 11.1 Å². The second kappa shape index (κ2) is 6.38. The van der Waals surface area contributed by atoms with Gasteiger partial charge in [0.25, 0.3) is 0 Å². The van der Waals surface area contributed by atoms with Gasteiger partial charge in [0.15, 0.2) is 0 Å². The first-order chi connectivity index (χ1) is 7.94. The highest BCUT2D eigenvalue weighted by atomic mass is 79.9. The Labute approximate surface area is 111 Å². The highest BCUT2D eigenvalue weighted by Crippen LogP contribution is 2.29. The number of benzene rings is 1. The van der Waals surface area contributed by atoms with E-state index in [1.54, 1.807) is 0 Å². The third-order valence-corrected chi connectivity index (χ3v) is 2.82. The summed E-state index contributed by atoms with van der Waals surface area (Å²) in [5, 5.41) is 12.2. The van der Waals surface area contributed by atoms with E-state index in [2.05, 4.69) is 42.0 Å². The standard InChI is InChI=1S/C13H20BrNO2/c1-13(2,3)15-9-10-5-4-6-11(14)12(10)17-8-7-16/h4-6,15-16H,7-9H2,1-3H3. The monoisotopic (exact) mass is 301 g/mol. The quantitative estimate of drug-likeness (QED) is 0.879. The summed E-state index contributed by atoms with van der Waals surface area (Å²) in [4.78, 5) is 0. The number of ether oxygens (including phenoxy) is 1. The molecule has 0 aromatic heterocycles. The van der Waals surface area contributed by atoms with E-state index in [0.717, 1.165) is 22.3 Å². The average Bonchev–Trinajstić information content (AvgIpc) is 2.24. The molecule has 0 amide bonds. The number of aliphatic hydroxyl groups excluding tert-OH is 1. The second-order valence-electron chi connectivity index (χ2n) is 4.90. The predicted molar refractivity (Wildman–Crippen MR) is 73.3 cm³/mol. The molecule has 96 valence electrons. The van der Waals surface area contributed by atoms with Crippen LogP contribution in [0.1, 0.15) is 26.3 Å². The Balaban J connectivity index is 2.79. The molecule has 0 aliphatic carbocycles. The van der Waals surface area contributed by atoms with Crippen LogP contribution in [0.4, 0.5) is 0 Å². The Hall–Kier alpha value is -0.580. The number of para-hydroxylation sites is 1. The number of aliphatic hydroxyl groups is 1. The third-order valence-electron chi connectivity index (χ3n) is 2.20. The first-order valence-corrected chi connectivity index (χ1v) is 6.49. The molecule has 0 aliphatic rings. The van der Waals surface area contributed by atoms with E-state index in [1.165, 1.54) is 0 Å². The van der Waals surface area contributed by atoms with Crippen LogP contribution < -0.4 is 10.1 Å². The Bertz CT molecular complexity index is 361. The Kier molecular flexibility index (Phi) is 5.43. The maximum Gasteiger partial charge on any atom is 0.138 e. The zero-order valence-corrected chi connectivity index (χ0v) is 12.2. The van der Waals surface area contributed by atoms with Crippen molar-refractivity contribution in [1.82, 2.24) is 5.32 Å². The van der Waals surface area contributed by atoms with Gasteiger partial charge in [0, 0.05) is 17.6 Å². The molecule has 0 unspecified atom stereocenters. The van der Waals surface area contributed by atoms with E-state index >= 15 is 0 Å². The fourth-order valence-corrected chi connectivity index (χ4v) is 1.88. The van der Waals surface area contributed by atoms with E-state index in [1.807, 2.05) is 18.2 Å². The summed E-state index contributed by atoms with van der Waals surface area (Å²) in [6.07, 6.45) is 0. The molecule has 0 atom stereocenters. The number of rotatable bonds is 5. The highest BCUT2D eigenvalue weighted by Gasteiger charge is 2.12. The number of hydrogen-bond donors (Lipinski definition) is 2. The van der Waals surface area contributed by atoms with Crippen molar-refractivity contribution in [3.8, 4) is 5.75 Å². The fraction of sp³-hybridized carbons (Fsp3) is 0.538. The molecule has 4 heteroatoms. The Morgan fingerprint density at radius 2 is 2.06 bits per heavy atom. The lowest BCUT2D eigenvalue weighted by Gasteiger charge is -2.22. The van der Waals surface area contributed by atoms with Crippen LogP contribution in [0.3, 0.4) is 0 Å². The molecule has 1 aromatic carbocycles. The van der Waals surface area contributed by atoms with Crippen LogP contribution in [0, 0.1) is 0 Å². The van der Waals surface area contributed by atoms with Crippen molar-refractivity contribution in [2.45, 2.75) is 32.9 Å². The first kappa shape index (κ1) is 14.5. The summed E-state index contributed by atoms with van der Waals surface area (Å²) >= 11 is 3.46. The van der Waals surface area contributed by atoms with Gasteiger partial charge in [0.1, 0.15) is 12.4 Å². The third kappa shape index (κ3) is 5.06. The summed E-state index contributed by atoms with van der Waals surface area (Å²) in [6.45, 7) is 7.44. The van der Waals surface area contributed by atoms with Crippen molar-refractivity contribution in [3.63, 3.8) is 0 Å². The largest absolute Gasteiger partial charge is 0.490 e. The number of halogens is 1. The molecule has 17 heavy (non-hydrogen) atoms. The van der Waals surface area contributed by atoms with Crippen molar-refractivity contribution >= 4 is 15.9 Å². The Morgan fingerprint density at radius 1 is 1.35 bits per heavy atom. The number of hydrogen-bond acceptors (Lipinski definition) is 3. The maximum absolute atomic E-state index is 8.81. The summed E-state index contributed by atoms with van der Waals surface area (Å²) in [7, 11) is 0. The van der Waals surface area contributed by atoms with E-state index in [4.69, 9.17) is 9.84 Å². The van der Waals surface area contributed by atoms with Gasteiger partial charge in [-0.25, -0.2) is 0 Å². The van der Waals surface area contributed by atoms with E-state index in [9.17, 15) is 0 Å². The van der Waals surface area contributed by atoms with E-state index < -0.39 is 0 Å². The minimum Gasteiger partial charge on any atom is -0.490 e. The summed E-state index contributed by atoms with van der Waals surface area (Å²) in [6, 6.07) is 5.94. The van der Waals surface area contributed by atoms with E-state index in [0.29, 0.717) is 6.61 Å². The lowest BCUT2D eigenvalue weighted by atomic mass is 10.1. The van der Waals surface area contributed by atoms with Crippen molar-refractivity contribution in [2.24, 2.45) is 0 Å². The molecule has 1 aromatic rings. The minimum absolute atomic E-state index is 0.0213. The molecule has 0 aliphatic heterocycles. The van der Waals surface area contributed by atoms with Gasteiger partial charge in [-0.1, -0.05) is 12.1 Å². The van der Waals surface area contributed by atoms with Gasteiger partial charge in [-0.15, -0.1) is 0 Å². The van der Waals surface area contributed by atoms with Crippen LogP contribution in [-0.2, 0) is 6.54 Å². The van der Waals surface area contributed by atoms with Crippen LogP contribution in [0.2, 0.25) is 0 Å². The van der Waals surface area contributed by atoms with Crippen molar-refractivity contribution in [2.75, 3.05) is 13.2 Å². The van der Waals surface area contributed by atoms with E-state index in [-0.39, 0.29) is 12.1 Å². The van der Waals surface area contributed by atoms with Gasteiger partial charge in [-0.2, -0.15) is 0 Å². The van der Waals surface area contributed by atoms with Gasteiger partial charge >= 0.3 is 0 Å². The maximum atomic E-state index is 8.81. The molecule has 2 N–H and O–H groups in total. The molecule has 0 heterocycles. The van der Waals surface area contributed by atoms with Crippen molar-refractivity contribution < 1.29 is 9.84 Å². The fourth-order valence-electron chi connectivity index (χ4n) is 1.36. The smallest absolute Gasteiger partial charge is 0.138 e. The van der Waals surface area contributed by atoms with Gasteiger partial charge < -0.3 is 15.2 Å². The van der Waals surface area contributed by atoms with Crippen LogP contribution >= 0.6 is 15.9 Å². The molecule has 0 saturated carbocycles. The molecule has 0 fully saturated rings. The normalized spacial score (nSPS) is 11.6. The molecule has 3 nitrogen and oxygen atoms in total. The second-order valence-corrected chi connectivity index (χ2v) is 5.76. The lowest BCUT2D eigenvalue weighted by molar-refractivity contribution is 0.199. The van der Waals surface area contributed by atoms with Crippen LogP contribution in [0.25, 0.3) is 0 Å².